The van der Waals surface area contributed by atoms with Crippen LogP contribution in [-0.4, -0.2) is 60.2 Å². The third kappa shape index (κ3) is 4.57. The zero-order valence-electron chi connectivity index (χ0n) is 17.6. The van der Waals surface area contributed by atoms with Crippen molar-refractivity contribution in [3.05, 3.63) is 65.8 Å². The Morgan fingerprint density at radius 3 is 2.78 bits per heavy atom. The van der Waals surface area contributed by atoms with E-state index in [0.29, 0.717) is 23.1 Å². The quantitative estimate of drug-likeness (QED) is 0.419. The van der Waals surface area contributed by atoms with Gasteiger partial charge in [-0.15, -0.1) is 11.3 Å². The van der Waals surface area contributed by atoms with Gasteiger partial charge in [0.25, 0.3) is 5.91 Å². The number of ether oxygens (including phenoxy) is 1. The molecule has 1 aliphatic heterocycles. The number of aromatic nitrogens is 2. The molecule has 0 radical (unpaired) electrons. The highest BCUT2D eigenvalue weighted by atomic mass is 32.1. The molecule has 0 N–H and O–H groups in total. The van der Waals surface area contributed by atoms with Crippen molar-refractivity contribution in [2.45, 2.75) is 6.42 Å². The second kappa shape index (κ2) is 9.60. The van der Waals surface area contributed by atoms with Crippen molar-refractivity contribution in [3.8, 4) is 11.5 Å². The number of rotatable bonds is 7. The first-order valence-corrected chi connectivity index (χ1v) is 11.6. The van der Waals surface area contributed by atoms with E-state index < -0.39 is 0 Å². The summed E-state index contributed by atoms with van der Waals surface area (Å²) in [6.45, 7) is 4.88. The fraction of sp³-hybridized carbons (Fsp3) is 0.292. The van der Waals surface area contributed by atoms with E-state index in [0.717, 1.165) is 55.9 Å². The Hall–Kier alpha value is -3.07. The van der Waals surface area contributed by atoms with Crippen LogP contribution in [0.1, 0.15) is 16.9 Å². The average molecular weight is 449 g/mol. The minimum absolute atomic E-state index is 0.141. The molecule has 0 saturated carbocycles. The van der Waals surface area contributed by atoms with Crippen LogP contribution in [0.2, 0.25) is 0 Å². The Morgan fingerprint density at radius 2 is 1.97 bits per heavy atom. The molecule has 5 rings (SSSR count). The summed E-state index contributed by atoms with van der Waals surface area (Å²) in [6, 6.07) is 15.2. The topological polar surface area (TPSA) is 71.7 Å². The number of morpholine rings is 1. The largest absolute Gasteiger partial charge is 0.454 e. The van der Waals surface area contributed by atoms with Gasteiger partial charge >= 0.3 is 0 Å². The molecule has 3 aromatic heterocycles. The van der Waals surface area contributed by atoms with Gasteiger partial charge in [0.1, 0.15) is 17.0 Å². The molecule has 4 aromatic rings. The molecule has 1 fully saturated rings. The maximum atomic E-state index is 13.3. The molecule has 0 atom stereocenters. The van der Waals surface area contributed by atoms with Gasteiger partial charge in [-0.2, -0.15) is 0 Å². The smallest absolute Gasteiger partial charge is 0.278 e. The number of anilines is 1. The Kier molecular flexibility index (Phi) is 6.24. The zero-order valence-corrected chi connectivity index (χ0v) is 18.5. The fourth-order valence-electron chi connectivity index (χ4n) is 3.80. The second-order valence-electron chi connectivity index (χ2n) is 7.64. The molecule has 1 aliphatic rings. The van der Waals surface area contributed by atoms with Gasteiger partial charge in [0, 0.05) is 43.1 Å². The van der Waals surface area contributed by atoms with Crippen LogP contribution in [0.3, 0.4) is 0 Å². The third-order valence-corrected chi connectivity index (χ3v) is 6.35. The lowest BCUT2D eigenvalue weighted by Gasteiger charge is -2.27. The first-order valence-electron chi connectivity index (χ1n) is 10.8. The maximum Gasteiger partial charge on any atom is 0.278 e. The Balaban J connectivity index is 1.37. The van der Waals surface area contributed by atoms with E-state index in [9.17, 15) is 4.79 Å². The van der Waals surface area contributed by atoms with Gasteiger partial charge in [-0.1, -0.05) is 24.3 Å². The summed E-state index contributed by atoms with van der Waals surface area (Å²) in [5, 5.41) is 3.62. The van der Waals surface area contributed by atoms with Crippen LogP contribution in [0, 0.1) is 0 Å². The normalized spacial score (nSPS) is 14.6. The van der Waals surface area contributed by atoms with Gasteiger partial charge < -0.3 is 9.15 Å². The standard InChI is InChI=1S/C24H24N4O3S/c29-23(19-7-3-4-9-25-19)28(11-5-10-27-12-14-30-15-13-27)24-26-20(17-32-24)22-16-18-6-1-2-8-21(18)31-22/h1-4,6-9,16-17H,5,10-15H2. The molecule has 0 aliphatic carbocycles. The average Bonchev–Trinajstić information content (AvgIpc) is 3.50. The summed E-state index contributed by atoms with van der Waals surface area (Å²) in [6.07, 6.45) is 2.49. The van der Waals surface area contributed by atoms with Crippen LogP contribution in [0.4, 0.5) is 5.13 Å². The molecular weight excluding hydrogens is 424 g/mol. The lowest BCUT2D eigenvalue weighted by Crippen LogP contribution is -2.39. The minimum atomic E-state index is -0.141. The van der Waals surface area contributed by atoms with Gasteiger partial charge in [0.05, 0.1) is 13.2 Å². The number of benzene rings is 1. The van der Waals surface area contributed by atoms with Gasteiger partial charge in [-0.05, 0) is 30.7 Å². The lowest BCUT2D eigenvalue weighted by atomic mass is 10.2. The van der Waals surface area contributed by atoms with Crippen molar-refractivity contribution in [3.63, 3.8) is 0 Å². The van der Waals surface area contributed by atoms with Crippen LogP contribution >= 0.6 is 11.3 Å². The second-order valence-corrected chi connectivity index (χ2v) is 8.48. The monoisotopic (exact) mass is 448 g/mol. The molecule has 164 valence electrons. The van der Waals surface area contributed by atoms with Crippen molar-refractivity contribution in [1.29, 1.82) is 0 Å². The van der Waals surface area contributed by atoms with Crippen LogP contribution in [0.25, 0.3) is 22.4 Å². The van der Waals surface area contributed by atoms with E-state index in [1.54, 1.807) is 17.2 Å². The van der Waals surface area contributed by atoms with E-state index >= 15 is 0 Å². The van der Waals surface area contributed by atoms with Crippen molar-refractivity contribution in [2.24, 2.45) is 0 Å². The molecule has 8 heteroatoms. The highest BCUT2D eigenvalue weighted by Gasteiger charge is 2.23. The van der Waals surface area contributed by atoms with Gasteiger partial charge in [-0.3, -0.25) is 19.6 Å². The van der Waals surface area contributed by atoms with Gasteiger partial charge in [0.2, 0.25) is 0 Å². The van der Waals surface area contributed by atoms with E-state index in [1.165, 1.54) is 11.3 Å². The molecule has 0 spiro atoms. The molecule has 0 bridgehead atoms. The highest BCUT2D eigenvalue weighted by molar-refractivity contribution is 7.14. The van der Waals surface area contributed by atoms with Crippen LogP contribution in [-0.2, 0) is 4.74 Å². The summed E-state index contributed by atoms with van der Waals surface area (Å²) in [5.74, 6) is 0.560. The number of fused-ring (bicyclic) bond motifs is 1. The van der Waals surface area contributed by atoms with Crippen molar-refractivity contribution in [2.75, 3.05) is 44.3 Å². The number of para-hydroxylation sites is 1. The summed E-state index contributed by atoms with van der Waals surface area (Å²) >= 11 is 1.44. The molecule has 1 amide bonds. The molecule has 1 aromatic carbocycles. The summed E-state index contributed by atoms with van der Waals surface area (Å²) in [4.78, 5) is 26.4. The van der Waals surface area contributed by atoms with Gasteiger partial charge in [-0.25, -0.2) is 4.98 Å². The maximum absolute atomic E-state index is 13.3. The number of hydrogen-bond donors (Lipinski definition) is 0. The number of carbonyl (C=O) groups excluding carboxylic acids is 1. The summed E-state index contributed by atoms with van der Waals surface area (Å²) in [5.41, 5.74) is 1.97. The van der Waals surface area contributed by atoms with Gasteiger partial charge in [0.15, 0.2) is 10.9 Å². The number of thiazole rings is 1. The van der Waals surface area contributed by atoms with Crippen molar-refractivity contribution < 1.29 is 13.9 Å². The van der Waals surface area contributed by atoms with Crippen LogP contribution < -0.4 is 4.90 Å². The Bertz CT molecular complexity index is 1150. The predicted octanol–water partition coefficient (Wildman–Crippen LogP) is 4.32. The number of hydrogen-bond acceptors (Lipinski definition) is 7. The molecular formula is C24H24N4O3S. The molecule has 0 unspecified atom stereocenters. The summed E-state index contributed by atoms with van der Waals surface area (Å²) < 4.78 is 11.4. The molecule has 7 nitrogen and oxygen atoms in total. The number of furan rings is 1. The van der Waals surface area contributed by atoms with Crippen molar-refractivity contribution in [1.82, 2.24) is 14.9 Å². The summed E-state index contributed by atoms with van der Waals surface area (Å²) in [7, 11) is 0. The fourth-order valence-corrected chi connectivity index (χ4v) is 4.64. The molecule has 1 saturated heterocycles. The van der Waals surface area contributed by atoms with E-state index in [2.05, 4.69) is 9.88 Å². The number of pyridine rings is 1. The number of nitrogens with zero attached hydrogens (tertiary/aromatic N) is 4. The van der Waals surface area contributed by atoms with E-state index in [4.69, 9.17) is 14.1 Å². The minimum Gasteiger partial charge on any atom is -0.454 e. The number of amides is 1. The van der Waals surface area contributed by atoms with Crippen molar-refractivity contribution >= 4 is 33.3 Å². The zero-order chi connectivity index (χ0) is 21.8. The van der Waals surface area contributed by atoms with Crippen LogP contribution in [0.15, 0.2) is 64.5 Å². The lowest BCUT2D eigenvalue weighted by molar-refractivity contribution is 0.0376. The SMILES string of the molecule is O=C(c1ccccn1)N(CCCN1CCOCC1)c1nc(-c2cc3ccccc3o2)cs1. The van der Waals surface area contributed by atoms with E-state index in [-0.39, 0.29) is 5.91 Å². The molecule has 32 heavy (non-hydrogen) atoms. The van der Waals surface area contributed by atoms with Crippen LogP contribution in [0.5, 0.6) is 0 Å². The van der Waals surface area contributed by atoms with E-state index in [1.807, 2.05) is 47.8 Å². The first-order chi connectivity index (χ1) is 15.8. The molecule has 4 heterocycles. The predicted molar refractivity (Wildman–Crippen MR) is 125 cm³/mol. The number of carbonyl (C=O) groups is 1. The third-order valence-electron chi connectivity index (χ3n) is 5.49. The Labute approximate surface area is 190 Å². The first kappa shape index (κ1) is 20.8. The Morgan fingerprint density at radius 1 is 1.12 bits per heavy atom. The highest BCUT2D eigenvalue weighted by Crippen LogP contribution is 2.32.